The van der Waals surface area contributed by atoms with Gasteiger partial charge in [-0.2, -0.15) is 0 Å². The van der Waals surface area contributed by atoms with Gasteiger partial charge in [-0.1, -0.05) is 19.1 Å². The minimum absolute atomic E-state index is 0.254. The first-order chi connectivity index (χ1) is 10.6. The normalized spacial score (nSPS) is 12.0. The van der Waals surface area contributed by atoms with E-state index >= 15 is 0 Å². The molecule has 1 unspecified atom stereocenters. The summed E-state index contributed by atoms with van der Waals surface area (Å²) in [7, 11) is 1.63. The Kier molecular flexibility index (Phi) is 5.55. The number of oxazole rings is 1. The molecule has 6 heteroatoms. The third kappa shape index (κ3) is 4.08. The van der Waals surface area contributed by atoms with E-state index in [1.165, 1.54) is 6.26 Å². The van der Waals surface area contributed by atoms with Crippen molar-refractivity contribution in [3.8, 4) is 5.75 Å². The molecule has 0 spiro atoms. The Hall–Kier alpha value is -2.34. The number of carbonyl (C=O) groups excluding carboxylic acids is 1. The van der Waals surface area contributed by atoms with Gasteiger partial charge in [0.05, 0.1) is 13.2 Å². The van der Waals surface area contributed by atoms with Crippen LogP contribution in [-0.2, 0) is 6.42 Å². The lowest BCUT2D eigenvalue weighted by Crippen LogP contribution is -2.26. The highest BCUT2D eigenvalue weighted by atomic mass is 16.5. The number of carbonyl (C=O) groups is 1. The van der Waals surface area contributed by atoms with E-state index in [9.17, 15) is 4.79 Å². The average Bonchev–Trinajstić information content (AvgIpc) is 3.04. The number of nitrogens with two attached hydrogens (primary N) is 1. The van der Waals surface area contributed by atoms with Crippen molar-refractivity contribution >= 4 is 5.91 Å². The summed E-state index contributed by atoms with van der Waals surface area (Å²) < 4.78 is 10.4. The zero-order valence-corrected chi connectivity index (χ0v) is 12.8. The molecule has 118 valence electrons. The molecule has 1 heterocycles. The maximum atomic E-state index is 12.0. The fourth-order valence-corrected chi connectivity index (χ4v) is 1.98. The Morgan fingerprint density at radius 1 is 1.50 bits per heavy atom. The Balaban J connectivity index is 1.86. The standard InChI is InChI=1S/C16H21N3O3/c1-3-13(17)16-19-14(10-22-16)15(20)18-8-7-11-5-4-6-12(9-11)21-2/h4-6,9-10,13H,3,7-8,17H2,1-2H3,(H,18,20). The molecule has 1 aromatic heterocycles. The lowest BCUT2D eigenvalue weighted by Gasteiger charge is -2.05. The van der Waals surface area contributed by atoms with Gasteiger partial charge >= 0.3 is 0 Å². The van der Waals surface area contributed by atoms with E-state index in [-0.39, 0.29) is 17.6 Å². The predicted molar refractivity (Wildman–Crippen MR) is 82.8 cm³/mol. The molecular formula is C16H21N3O3. The SMILES string of the molecule is CCC(N)c1nc(C(=O)NCCc2cccc(OC)c2)co1. The summed E-state index contributed by atoms with van der Waals surface area (Å²) >= 11 is 0. The molecule has 1 atom stereocenters. The summed E-state index contributed by atoms with van der Waals surface area (Å²) in [6, 6.07) is 7.46. The zero-order valence-electron chi connectivity index (χ0n) is 12.8. The summed E-state index contributed by atoms with van der Waals surface area (Å²) in [4.78, 5) is 16.1. The number of amides is 1. The molecular weight excluding hydrogens is 282 g/mol. The molecule has 0 aliphatic carbocycles. The van der Waals surface area contributed by atoms with Crippen molar-refractivity contribution in [3.63, 3.8) is 0 Å². The molecule has 0 saturated heterocycles. The van der Waals surface area contributed by atoms with E-state index in [1.54, 1.807) is 7.11 Å². The third-order valence-corrected chi connectivity index (χ3v) is 3.34. The second kappa shape index (κ2) is 7.61. The van der Waals surface area contributed by atoms with Crippen molar-refractivity contribution < 1.29 is 13.9 Å². The summed E-state index contributed by atoms with van der Waals surface area (Å²) in [5.74, 6) is 0.931. The number of nitrogens with zero attached hydrogens (tertiary/aromatic N) is 1. The van der Waals surface area contributed by atoms with Crippen LogP contribution in [0.1, 0.15) is 41.3 Å². The van der Waals surface area contributed by atoms with Crippen molar-refractivity contribution in [2.24, 2.45) is 5.73 Å². The average molecular weight is 303 g/mol. The van der Waals surface area contributed by atoms with E-state index in [1.807, 2.05) is 31.2 Å². The molecule has 22 heavy (non-hydrogen) atoms. The summed E-state index contributed by atoms with van der Waals surface area (Å²) in [6.45, 7) is 2.44. The van der Waals surface area contributed by atoms with Crippen LogP contribution in [0, 0.1) is 0 Å². The van der Waals surface area contributed by atoms with Gasteiger partial charge in [-0.3, -0.25) is 4.79 Å². The van der Waals surface area contributed by atoms with Crippen molar-refractivity contribution in [1.82, 2.24) is 10.3 Å². The first-order valence-electron chi connectivity index (χ1n) is 7.26. The molecule has 0 aliphatic heterocycles. The van der Waals surface area contributed by atoms with Gasteiger partial charge in [-0.05, 0) is 30.5 Å². The summed E-state index contributed by atoms with van der Waals surface area (Å²) in [5, 5.41) is 2.81. The number of aromatic nitrogens is 1. The molecule has 0 radical (unpaired) electrons. The van der Waals surface area contributed by atoms with Crippen LogP contribution < -0.4 is 15.8 Å². The molecule has 2 aromatic rings. The Morgan fingerprint density at radius 2 is 2.32 bits per heavy atom. The number of methoxy groups -OCH3 is 1. The molecule has 0 bridgehead atoms. The van der Waals surface area contributed by atoms with E-state index in [2.05, 4.69) is 10.3 Å². The molecule has 1 amide bonds. The molecule has 0 aliphatic rings. The topological polar surface area (TPSA) is 90.4 Å². The molecule has 0 saturated carbocycles. The molecule has 0 fully saturated rings. The van der Waals surface area contributed by atoms with Crippen LogP contribution in [0.25, 0.3) is 0 Å². The minimum atomic E-state index is -0.279. The quantitative estimate of drug-likeness (QED) is 0.817. The van der Waals surface area contributed by atoms with E-state index < -0.39 is 0 Å². The lowest BCUT2D eigenvalue weighted by molar-refractivity contribution is 0.0949. The van der Waals surface area contributed by atoms with Crippen LogP contribution in [0.5, 0.6) is 5.75 Å². The number of ether oxygens (including phenoxy) is 1. The number of hydrogen-bond donors (Lipinski definition) is 2. The van der Waals surface area contributed by atoms with Crippen LogP contribution in [0.3, 0.4) is 0 Å². The summed E-state index contributed by atoms with van der Waals surface area (Å²) in [5.41, 5.74) is 7.16. The van der Waals surface area contributed by atoms with Gasteiger partial charge in [0.25, 0.3) is 5.91 Å². The highest BCUT2D eigenvalue weighted by molar-refractivity contribution is 5.91. The van der Waals surface area contributed by atoms with E-state index in [0.717, 1.165) is 11.3 Å². The lowest BCUT2D eigenvalue weighted by atomic mass is 10.1. The molecule has 2 rings (SSSR count). The predicted octanol–water partition coefficient (Wildman–Crippen LogP) is 2.07. The van der Waals surface area contributed by atoms with Crippen LogP contribution in [-0.4, -0.2) is 24.5 Å². The fourth-order valence-electron chi connectivity index (χ4n) is 1.98. The third-order valence-electron chi connectivity index (χ3n) is 3.34. The van der Waals surface area contributed by atoms with Crippen LogP contribution >= 0.6 is 0 Å². The maximum Gasteiger partial charge on any atom is 0.273 e. The second-order valence-corrected chi connectivity index (χ2v) is 4.94. The van der Waals surface area contributed by atoms with Crippen molar-refractivity contribution in [2.75, 3.05) is 13.7 Å². The number of rotatable bonds is 7. The number of benzene rings is 1. The highest BCUT2D eigenvalue weighted by Crippen LogP contribution is 2.14. The highest BCUT2D eigenvalue weighted by Gasteiger charge is 2.15. The van der Waals surface area contributed by atoms with Gasteiger partial charge in [-0.15, -0.1) is 0 Å². The van der Waals surface area contributed by atoms with Gasteiger partial charge in [0, 0.05) is 6.54 Å². The Labute approximate surface area is 129 Å². The van der Waals surface area contributed by atoms with Crippen molar-refractivity contribution in [2.45, 2.75) is 25.8 Å². The van der Waals surface area contributed by atoms with E-state index in [4.69, 9.17) is 14.9 Å². The first kappa shape index (κ1) is 16.0. The second-order valence-electron chi connectivity index (χ2n) is 4.94. The van der Waals surface area contributed by atoms with E-state index in [0.29, 0.717) is 25.3 Å². The largest absolute Gasteiger partial charge is 0.497 e. The number of hydrogen-bond acceptors (Lipinski definition) is 5. The fraction of sp³-hybridized carbons (Fsp3) is 0.375. The van der Waals surface area contributed by atoms with Crippen molar-refractivity contribution in [3.05, 3.63) is 47.7 Å². The number of nitrogens with one attached hydrogen (secondary N) is 1. The molecule has 6 nitrogen and oxygen atoms in total. The molecule has 3 N–H and O–H groups in total. The van der Waals surface area contributed by atoms with Crippen LogP contribution in [0.4, 0.5) is 0 Å². The van der Waals surface area contributed by atoms with Gasteiger partial charge < -0.3 is 20.2 Å². The smallest absolute Gasteiger partial charge is 0.273 e. The van der Waals surface area contributed by atoms with Crippen molar-refractivity contribution in [1.29, 1.82) is 0 Å². The first-order valence-corrected chi connectivity index (χ1v) is 7.26. The zero-order chi connectivity index (χ0) is 15.9. The van der Waals surface area contributed by atoms with Gasteiger partial charge in [0.15, 0.2) is 5.69 Å². The van der Waals surface area contributed by atoms with Gasteiger partial charge in [-0.25, -0.2) is 4.98 Å². The van der Waals surface area contributed by atoms with Gasteiger partial charge in [0.1, 0.15) is 12.0 Å². The monoisotopic (exact) mass is 303 g/mol. The maximum absolute atomic E-state index is 12.0. The van der Waals surface area contributed by atoms with Crippen LogP contribution in [0.15, 0.2) is 34.9 Å². The summed E-state index contributed by atoms with van der Waals surface area (Å²) in [6.07, 6.45) is 2.76. The van der Waals surface area contributed by atoms with Gasteiger partial charge in [0.2, 0.25) is 5.89 Å². The Morgan fingerprint density at radius 3 is 3.05 bits per heavy atom. The van der Waals surface area contributed by atoms with Crippen LogP contribution in [0.2, 0.25) is 0 Å². The minimum Gasteiger partial charge on any atom is -0.497 e. The Bertz CT molecular complexity index is 625. The molecule has 1 aromatic carbocycles.